The van der Waals surface area contributed by atoms with Gasteiger partial charge in [-0.15, -0.1) is 0 Å². The van der Waals surface area contributed by atoms with Crippen LogP contribution < -0.4 is 14.8 Å². The van der Waals surface area contributed by atoms with Gasteiger partial charge in [-0.25, -0.2) is 8.42 Å². The molecule has 0 fully saturated rings. The number of amides is 1. The van der Waals surface area contributed by atoms with Crippen LogP contribution in [0.5, 0.6) is 5.75 Å². The van der Waals surface area contributed by atoms with E-state index in [0.717, 1.165) is 24.8 Å². The second kappa shape index (κ2) is 11.2. The van der Waals surface area contributed by atoms with Crippen molar-refractivity contribution in [1.29, 1.82) is 0 Å². The van der Waals surface area contributed by atoms with Crippen molar-refractivity contribution in [1.82, 2.24) is 10.0 Å². The van der Waals surface area contributed by atoms with Gasteiger partial charge < -0.3 is 10.1 Å². The molecule has 0 unspecified atom stereocenters. The Balaban J connectivity index is 2.25. The Kier molecular flexibility index (Phi) is 8.95. The highest BCUT2D eigenvalue weighted by atomic mass is 35.5. The third-order valence-electron chi connectivity index (χ3n) is 4.39. The van der Waals surface area contributed by atoms with Gasteiger partial charge in [0.05, 0.1) is 7.11 Å². The van der Waals surface area contributed by atoms with Crippen molar-refractivity contribution in [3.05, 3.63) is 59.1 Å². The number of nitrogens with one attached hydrogen (secondary N) is 2. The Hall–Kier alpha value is -2.09. The van der Waals surface area contributed by atoms with Crippen LogP contribution in [0.1, 0.15) is 31.7 Å². The predicted octanol–water partition coefficient (Wildman–Crippen LogP) is 3.54. The van der Waals surface area contributed by atoms with Crippen molar-refractivity contribution in [2.75, 3.05) is 13.7 Å². The van der Waals surface area contributed by atoms with Gasteiger partial charge in [-0.3, -0.25) is 4.79 Å². The van der Waals surface area contributed by atoms with E-state index in [9.17, 15) is 13.2 Å². The van der Waals surface area contributed by atoms with Crippen LogP contribution in [0.4, 0.5) is 0 Å². The largest absolute Gasteiger partial charge is 0.495 e. The summed E-state index contributed by atoms with van der Waals surface area (Å²) in [4.78, 5) is 12.6. The van der Waals surface area contributed by atoms with Gasteiger partial charge in [-0.1, -0.05) is 61.7 Å². The molecule has 1 atom stereocenters. The lowest BCUT2D eigenvalue weighted by atomic mass is 10.1. The number of sulfonamides is 1. The van der Waals surface area contributed by atoms with Crippen LogP contribution in [0, 0.1) is 0 Å². The van der Waals surface area contributed by atoms with Crippen LogP contribution in [0.15, 0.2) is 53.4 Å². The quantitative estimate of drug-likeness (QED) is 0.525. The van der Waals surface area contributed by atoms with Crippen LogP contribution in [0.3, 0.4) is 0 Å². The van der Waals surface area contributed by atoms with E-state index in [1.54, 1.807) is 6.07 Å². The molecule has 8 heteroatoms. The van der Waals surface area contributed by atoms with Crippen molar-refractivity contribution < 1.29 is 17.9 Å². The summed E-state index contributed by atoms with van der Waals surface area (Å²) in [6.45, 7) is 2.58. The molecule has 158 valence electrons. The predicted molar refractivity (Wildman–Crippen MR) is 115 cm³/mol. The number of hydrogen-bond donors (Lipinski definition) is 2. The molecule has 0 aromatic heterocycles. The van der Waals surface area contributed by atoms with Gasteiger partial charge in [0.25, 0.3) is 0 Å². The Labute approximate surface area is 177 Å². The maximum absolute atomic E-state index is 13.0. The number of unbranched alkanes of at least 4 members (excludes halogenated alkanes) is 2. The van der Waals surface area contributed by atoms with Crippen molar-refractivity contribution >= 4 is 27.5 Å². The fourth-order valence-corrected chi connectivity index (χ4v) is 4.49. The zero-order valence-electron chi connectivity index (χ0n) is 16.7. The van der Waals surface area contributed by atoms with E-state index in [1.165, 1.54) is 19.2 Å². The first kappa shape index (κ1) is 23.2. The molecule has 0 aliphatic heterocycles. The lowest BCUT2D eigenvalue weighted by molar-refractivity contribution is -0.122. The topological polar surface area (TPSA) is 84.5 Å². The van der Waals surface area contributed by atoms with Gasteiger partial charge in [0, 0.05) is 11.6 Å². The summed E-state index contributed by atoms with van der Waals surface area (Å²) in [5, 5.41) is 3.09. The molecule has 2 aromatic rings. The second-order valence-electron chi connectivity index (χ2n) is 6.66. The van der Waals surface area contributed by atoms with E-state index in [0.29, 0.717) is 6.54 Å². The zero-order valence-corrected chi connectivity index (χ0v) is 18.2. The summed E-state index contributed by atoms with van der Waals surface area (Å²) in [7, 11) is -2.67. The zero-order chi connectivity index (χ0) is 21.3. The van der Waals surface area contributed by atoms with Gasteiger partial charge in [0.1, 0.15) is 16.7 Å². The van der Waals surface area contributed by atoms with E-state index in [-0.39, 0.29) is 28.0 Å². The monoisotopic (exact) mass is 438 g/mol. The van der Waals surface area contributed by atoms with Crippen LogP contribution in [0.25, 0.3) is 0 Å². The van der Waals surface area contributed by atoms with Crippen molar-refractivity contribution in [3.8, 4) is 5.75 Å². The summed E-state index contributed by atoms with van der Waals surface area (Å²) in [5.41, 5.74) is 0.849. The standard InChI is InChI=1S/C21H27ClN2O4S/c1-3-4-8-13-23-21(25)18(14-16-9-6-5-7-10-16)24-29(26,27)20-15-17(22)11-12-19(20)28-2/h5-7,9-12,15,18,24H,3-4,8,13-14H2,1-2H3,(H,23,25)/t18-/m0/s1. The van der Waals surface area contributed by atoms with Crippen LogP contribution in [0.2, 0.25) is 5.02 Å². The summed E-state index contributed by atoms with van der Waals surface area (Å²) >= 11 is 5.98. The van der Waals surface area contributed by atoms with E-state index in [2.05, 4.69) is 17.0 Å². The average Bonchev–Trinajstić information content (AvgIpc) is 2.71. The summed E-state index contributed by atoms with van der Waals surface area (Å²) in [5.74, 6) is -0.210. The molecular weight excluding hydrogens is 412 g/mol. The van der Waals surface area contributed by atoms with Crippen molar-refractivity contribution in [2.24, 2.45) is 0 Å². The fraction of sp³-hybridized carbons (Fsp3) is 0.381. The molecule has 0 heterocycles. The fourth-order valence-electron chi connectivity index (χ4n) is 2.86. The van der Waals surface area contributed by atoms with Crippen LogP contribution in [-0.2, 0) is 21.2 Å². The Morgan fingerprint density at radius 2 is 1.86 bits per heavy atom. The van der Waals surface area contributed by atoms with E-state index in [1.807, 2.05) is 30.3 Å². The molecule has 2 N–H and O–H groups in total. The number of rotatable bonds is 11. The Morgan fingerprint density at radius 3 is 2.52 bits per heavy atom. The molecule has 0 bridgehead atoms. The number of carbonyl (C=O) groups excluding carboxylic acids is 1. The van der Waals surface area contributed by atoms with Crippen LogP contribution in [-0.4, -0.2) is 34.0 Å². The molecular formula is C21H27ClN2O4S. The molecule has 0 radical (unpaired) electrons. The minimum Gasteiger partial charge on any atom is -0.495 e. The van der Waals surface area contributed by atoms with Crippen LogP contribution >= 0.6 is 11.6 Å². The summed E-state index contributed by atoms with van der Waals surface area (Å²) < 4.78 is 33.7. The highest BCUT2D eigenvalue weighted by Gasteiger charge is 2.28. The van der Waals surface area contributed by atoms with E-state index >= 15 is 0 Å². The number of carbonyl (C=O) groups is 1. The molecule has 0 aliphatic carbocycles. The number of hydrogen-bond acceptors (Lipinski definition) is 4. The van der Waals surface area contributed by atoms with Gasteiger partial charge in [0.2, 0.25) is 15.9 Å². The molecule has 0 saturated heterocycles. The minimum absolute atomic E-state index is 0.107. The molecule has 1 amide bonds. The molecule has 0 saturated carbocycles. The smallest absolute Gasteiger partial charge is 0.245 e. The van der Waals surface area contributed by atoms with Gasteiger partial charge >= 0.3 is 0 Å². The first-order valence-electron chi connectivity index (χ1n) is 9.55. The van der Waals surface area contributed by atoms with Crippen molar-refractivity contribution in [2.45, 2.75) is 43.5 Å². The van der Waals surface area contributed by atoms with Gasteiger partial charge in [-0.05, 0) is 36.6 Å². The third-order valence-corrected chi connectivity index (χ3v) is 6.12. The molecule has 0 spiro atoms. The number of methoxy groups -OCH3 is 1. The van der Waals surface area contributed by atoms with Gasteiger partial charge in [-0.2, -0.15) is 4.72 Å². The average molecular weight is 439 g/mol. The highest BCUT2D eigenvalue weighted by molar-refractivity contribution is 7.89. The first-order chi connectivity index (χ1) is 13.9. The maximum Gasteiger partial charge on any atom is 0.245 e. The maximum atomic E-state index is 13.0. The summed E-state index contributed by atoms with van der Waals surface area (Å²) in [6.07, 6.45) is 3.09. The van der Waals surface area contributed by atoms with Crippen molar-refractivity contribution in [3.63, 3.8) is 0 Å². The van der Waals surface area contributed by atoms with Gasteiger partial charge in [0.15, 0.2) is 0 Å². The molecule has 2 aromatic carbocycles. The Bertz CT molecular complexity index is 904. The second-order valence-corrected chi connectivity index (χ2v) is 8.78. The lowest BCUT2D eigenvalue weighted by Crippen LogP contribution is -2.48. The molecule has 6 nitrogen and oxygen atoms in total. The van der Waals surface area contributed by atoms with E-state index in [4.69, 9.17) is 16.3 Å². The summed E-state index contributed by atoms with van der Waals surface area (Å²) in [6, 6.07) is 12.6. The van der Waals surface area contributed by atoms with E-state index < -0.39 is 16.1 Å². The third kappa shape index (κ3) is 7.03. The molecule has 0 aliphatic rings. The lowest BCUT2D eigenvalue weighted by Gasteiger charge is -2.20. The minimum atomic E-state index is -4.05. The molecule has 2 rings (SSSR count). The number of halogens is 1. The SMILES string of the molecule is CCCCCNC(=O)[C@H](Cc1ccccc1)NS(=O)(=O)c1cc(Cl)ccc1OC. The Morgan fingerprint density at radius 1 is 1.14 bits per heavy atom. The number of ether oxygens (including phenoxy) is 1. The highest BCUT2D eigenvalue weighted by Crippen LogP contribution is 2.27. The number of benzene rings is 2. The molecule has 29 heavy (non-hydrogen) atoms. The first-order valence-corrected chi connectivity index (χ1v) is 11.4. The normalized spacial score (nSPS) is 12.4.